The minimum Gasteiger partial charge on any atom is -0.508 e. The summed E-state index contributed by atoms with van der Waals surface area (Å²) >= 11 is 0. The highest BCUT2D eigenvalue weighted by Gasteiger charge is 2.09. The molecule has 0 heterocycles. The minimum absolute atomic E-state index is 0.284. The van der Waals surface area contributed by atoms with Crippen molar-refractivity contribution >= 4 is 0 Å². The summed E-state index contributed by atoms with van der Waals surface area (Å²) in [5.74, 6) is 0.678. The molecule has 70 valence electrons. The van der Waals surface area contributed by atoms with Gasteiger partial charge in [0, 0.05) is 11.5 Å². The van der Waals surface area contributed by atoms with Crippen LogP contribution in [0.2, 0.25) is 0 Å². The van der Waals surface area contributed by atoms with Crippen molar-refractivity contribution in [1.29, 1.82) is 0 Å². The lowest BCUT2D eigenvalue weighted by Gasteiger charge is -2.12. The van der Waals surface area contributed by atoms with Gasteiger partial charge in [-0.25, -0.2) is 0 Å². The fraction of sp³-hybridized carbons (Fsp3) is 0.333. The maximum atomic E-state index is 9.65. The molecule has 0 saturated carbocycles. The Balaban J connectivity index is 3.12. The lowest BCUT2D eigenvalue weighted by Crippen LogP contribution is -1.93. The summed E-state index contributed by atoms with van der Waals surface area (Å²) in [5.41, 5.74) is 2.17. The number of phenolic OH excluding ortho intramolecular Hbond substituents is 1. The average Bonchev–Trinajstić information content (AvgIpc) is 2.04. The molecule has 1 atom stereocenters. The second-order valence-corrected chi connectivity index (χ2v) is 3.32. The van der Waals surface area contributed by atoms with Crippen molar-refractivity contribution < 1.29 is 5.11 Å². The molecule has 0 aliphatic heterocycles. The number of hydrogen-bond acceptors (Lipinski definition) is 1. The van der Waals surface area contributed by atoms with Gasteiger partial charge in [-0.05, 0) is 25.5 Å². The first kappa shape index (κ1) is 9.85. The van der Waals surface area contributed by atoms with Crippen molar-refractivity contribution in [2.45, 2.75) is 26.7 Å². The summed E-state index contributed by atoms with van der Waals surface area (Å²) < 4.78 is 0. The van der Waals surface area contributed by atoms with E-state index in [4.69, 9.17) is 0 Å². The molecule has 0 bridgehead atoms. The van der Waals surface area contributed by atoms with Gasteiger partial charge in [0.05, 0.1) is 0 Å². The molecule has 1 N–H and O–H groups in total. The van der Waals surface area contributed by atoms with E-state index >= 15 is 0 Å². The molecule has 13 heavy (non-hydrogen) atoms. The van der Waals surface area contributed by atoms with Crippen LogP contribution in [-0.2, 0) is 0 Å². The molecule has 1 nitrogen and oxygen atoms in total. The highest BCUT2D eigenvalue weighted by Crippen LogP contribution is 2.29. The normalized spacial score (nSPS) is 13.5. The van der Waals surface area contributed by atoms with Gasteiger partial charge in [-0.15, -0.1) is 0 Å². The Bertz CT molecular complexity index is 293. The molecular formula is C12H16O. The van der Waals surface area contributed by atoms with E-state index in [1.807, 2.05) is 32.1 Å². The number of aromatic hydroxyl groups is 1. The minimum atomic E-state index is 0.284. The Hall–Kier alpha value is -1.24. The van der Waals surface area contributed by atoms with Crippen LogP contribution in [0.5, 0.6) is 5.75 Å². The van der Waals surface area contributed by atoms with Gasteiger partial charge in [-0.1, -0.05) is 31.2 Å². The monoisotopic (exact) mass is 176 g/mol. The van der Waals surface area contributed by atoms with Gasteiger partial charge in [-0.2, -0.15) is 0 Å². The van der Waals surface area contributed by atoms with Crippen molar-refractivity contribution in [1.82, 2.24) is 0 Å². The molecular weight excluding hydrogens is 160 g/mol. The van der Waals surface area contributed by atoms with Crippen LogP contribution in [-0.4, -0.2) is 5.11 Å². The molecule has 0 saturated heterocycles. The maximum absolute atomic E-state index is 9.65. The van der Waals surface area contributed by atoms with Gasteiger partial charge in [0.1, 0.15) is 5.75 Å². The Labute approximate surface area is 79.7 Å². The molecule has 0 aromatic heterocycles. The van der Waals surface area contributed by atoms with Crippen molar-refractivity contribution in [2.75, 3.05) is 0 Å². The van der Waals surface area contributed by atoms with Crippen molar-refractivity contribution in [3.8, 4) is 5.75 Å². The van der Waals surface area contributed by atoms with Crippen LogP contribution in [0.1, 0.15) is 30.9 Å². The summed E-state index contributed by atoms with van der Waals surface area (Å²) in [6, 6.07) is 5.63. The van der Waals surface area contributed by atoms with Gasteiger partial charge in [-0.3, -0.25) is 0 Å². The molecule has 0 amide bonds. The molecule has 1 unspecified atom stereocenters. The zero-order valence-corrected chi connectivity index (χ0v) is 8.41. The summed E-state index contributed by atoms with van der Waals surface area (Å²) in [4.78, 5) is 0. The van der Waals surface area contributed by atoms with Crippen LogP contribution in [0.25, 0.3) is 0 Å². The number of hydrogen-bond donors (Lipinski definition) is 1. The number of allylic oxidation sites excluding steroid dienone is 2. The average molecular weight is 176 g/mol. The molecule has 0 aliphatic rings. The zero-order chi connectivity index (χ0) is 9.84. The van der Waals surface area contributed by atoms with Crippen LogP contribution in [0, 0.1) is 6.92 Å². The van der Waals surface area contributed by atoms with E-state index < -0.39 is 0 Å². The first-order chi connectivity index (χ1) is 6.16. The summed E-state index contributed by atoms with van der Waals surface area (Å²) in [6.45, 7) is 6.10. The maximum Gasteiger partial charge on any atom is 0.119 e. The van der Waals surface area contributed by atoms with Crippen LogP contribution in [0.15, 0.2) is 30.4 Å². The van der Waals surface area contributed by atoms with Gasteiger partial charge in [0.15, 0.2) is 0 Å². The van der Waals surface area contributed by atoms with Crippen molar-refractivity contribution in [3.05, 3.63) is 41.5 Å². The number of aryl methyl sites for hydroxylation is 1. The smallest absolute Gasteiger partial charge is 0.119 e. The first-order valence-electron chi connectivity index (χ1n) is 4.58. The number of rotatable bonds is 2. The second-order valence-electron chi connectivity index (χ2n) is 3.32. The fourth-order valence-electron chi connectivity index (χ4n) is 1.64. The SMILES string of the molecule is C/C=C\C(C)c1c(C)cccc1O. The Morgan fingerprint density at radius 2 is 2.08 bits per heavy atom. The Morgan fingerprint density at radius 3 is 2.62 bits per heavy atom. The molecule has 1 rings (SSSR count). The van der Waals surface area contributed by atoms with Crippen LogP contribution >= 0.6 is 0 Å². The van der Waals surface area contributed by atoms with Crippen LogP contribution in [0.4, 0.5) is 0 Å². The first-order valence-corrected chi connectivity index (χ1v) is 4.58. The van der Waals surface area contributed by atoms with E-state index in [2.05, 4.69) is 13.0 Å². The Morgan fingerprint density at radius 1 is 1.38 bits per heavy atom. The molecule has 0 aliphatic carbocycles. The summed E-state index contributed by atoms with van der Waals surface area (Å²) in [6.07, 6.45) is 4.10. The van der Waals surface area contributed by atoms with Gasteiger partial charge >= 0.3 is 0 Å². The van der Waals surface area contributed by atoms with Crippen LogP contribution in [0.3, 0.4) is 0 Å². The van der Waals surface area contributed by atoms with E-state index in [0.717, 1.165) is 11.1 Å². The van der Waals surface area contributed by atoms with E-state index in [-0.39, 0.29) is 5.92 Å². The predicted octanol–water partition coefficient (Wildman–Crippen LogP) is 3.38. The lowest BCUT2D eigenvalue weighted by atomic mass is 9.95. The van der Waals surface area contributed by atoms with Crippen molar-refractivity contribution in [2.24, 2.45) is 0 Å². The second kappa shape index (κ2) is 4.13. The fourth-order valence-corrected chi connectivity index (χ4v) is 1.64. The van der Waals surface area contributed by atoms with E-state index in [9.17, 15) is 5.11 Å². The van der Waals surface area contributed by atoms with E-state index in [1.165, 1.54) is 0 Å². The number of phenols is 1. The molecule has 0 fully saturated rings. The molecule has 1 aromatic rings. The zero-order valence-electron chi connectivity index (χ0n) is 8.41. The largest absolute Gasteiger partial charge is 0.508 e. The topological polar surface area (TPSA) is 20.2 Å². The molecule has 0 spiro atoms. The lowest BCUT2D eigenvalue weighted by molar-refractivity contribution is 0.466. The molecule has 0 radical (unpaired) electrons. The van der Waals surface area contributed by atoms with E-state index in [1.54, 1.807) is 6.07 Å². The highest BCUT2D eigenvalue weighted by atomic mass is 16.3. The van der Waals surface area contributed by atoms with Gasteiger partial charge < -0.3 is 5.11 Å². The third kappa shape index (κ3) is 2.11. The molecule has 1 heteroatoms. The van der Waals surface area contributed by atoms with Crippen LogP contribution < -0.4 is 0 Å². The quantitative estimate of drug-likeness (QED) is 0.685. The molecule has 1 aromatic carbocycles. The summed E-state index contributed by atoms with van der Waals surface area (Å²) in [5, 5.41) is 9.65. The highest BCUT2D eigenvalue weighted by molar-refractivity contribution is 5.42. The number of benzene rings is 1. The van der Waals surface area contributed by atoms with Crippen molar-refractivity contribution in [3.63, 3.8) is 0 Å². The third-order valence-electron chi connectivity index (χ3n) is 2.24. The Kier molecular flexibility index (Phi) is 3.13. The van der Waals surface area contributed by atoms with Gasteiger partial charge in [0.25, 0.3) is 0 Å². The standard InChI is InChI=1S/C12H16O/c1-4-6-9(2)12-10(3)7-5-8-11(12)13/h4-9,13H,1-3H3/b6-4-. The predicted molar refractivity (Wildman–Crippen MR) is 56.1 cm³/mol. The third-order valence-corrected chi connectivity index (χ3v) is 2.24. The summed E-state index contributed by atoms with van der Waals surface area (Å²) in [7, 11) is 0. The van der Waals surface area contributed by atoms with Gasteiger partial charge in [0.2, 0.25) is 0 Å². The van der Waals surface area contributed by atoms with E-state index in [0.29, 0.717) is 5.75 Å².